The van der Waals surface area contributed by atoms with E-state index in [4.69, 9.17) is 16.3 Å². The topological polar surface area (TPSA) is 55.4 Å². The average molecular weight is 392 g/mol. The van der Waals surface area contributed by atoms with E-state index in [1.165, 1.54) is 16.2 Å². The summed E-state index contributed by atoms with van der Waals surface area (Å²) in [4.78, 5) is 26.3. The predicted molar refractivity (Wildman–Crippen MR) is 105 cm³/mol. The molecule has 0 aliphatic heterocycles. The van der Waals surface area contributed by atoms with Gasteiger partial charge in [-0.3, -0.25) is 4.79 Å². The Balaban J connectivity index is 1.92. The SMILES string of the molecule is CCOC(=O)c1c(NC(=O)c2ccc(Cl)cc2)sc2c1CCC(CC)C2. The summed E-state index contributed by atoms with van der Waals surface area (Å²) >= 11 is 7.39. The second kappa shape index (κ2) is 8.23. The van der Waals surface area contributed by atoms with Crippen LogP contribution < -0.4 is 5.32 Å². The molecule has 2 aromatic rings. The third kappa shape index (κ3) is 3.94. The number of ether oxygens (including phenoxy) is 1. The molecule has 0 radical (unpaired) electrons. The van der Waals surface area contributed by atoms with Gasteiger partial charge in [0.05, 0.1) is 12.2 Å². The number of carbonyl (C=O) groups is 2. The number of amides is 1. The van der Waals surface area contributed by atoms with Crippen molar-refractivity contribution in [3.8, 4) is 0 Å². The highest BCUT2D eigenvalue weighted by molar-refractivity contribution is 7.17. The Bertz CT molecular complexity index is 813. The molecule has 0 saturated heterocycles. The molecule has 26 heavy (non-hydrogen) atoms. The summed E-state index contributed by atoms with van der Waals surface area (Å²) in [5, 5.41) is 4.07. The van der Waals surface area contributed by atoms with Gasteiger partial charge in [0.1, 0.15) is 5.00 Å². The Morgan fingerprint density at radius 1 is 1.27 bits per heavy atom. The zero-order chi connectivity index (χ0) is 18.7. The van der Waals surface area contributed by atoms with Gasteiger partial charge in [0.2, 0.25) is 0 Å². The molecule has 1 aliphatic rings. The van der Waals surface area contributed by atoms with Crippen molar-refractivity contribution < 1.29 is 14.3 Å². The van der Waals surface area contributed by atoms with Gasteiger partial charge in [0.15, 0.2) is 0 Å². The van der Waals surface area contributed by atoms with Crippen molar-refractivity contribution in [3.05, 3.63) is 50.9 Å². The summed E-state index contributed by atoms with van der Waals surface area (Å²) in [5.41, 5.74) is 2.08. The van der Waals surface area contributed by atoms with Crippen LogP contribution in [-0.4, -0.2) is 18.5 Å². The van der Waals surface area contributed by atoms with E-state index in [0.717, 1.165) is 31.2 Å². The Morgan fingerprint density at radius 3 is 2.65 bits per heavy atom. The summed E-state index contributed by atoms with van der Waals surface area (Å²) in [6.45, 7) is 4.29. The molecule has 6 heteroatoms. The van der Waals surface area contributed by atoms with E-state index in [1.54, 1.807) is 31.2 Å². The highest BCUT2D eigenvalue weighted by atomic mass is 35.5. The van der Waals surface area contributed by atoms with E-state index in [9.17, 15) is 9.59 Å². The molecule has 138 valence electrons. The molecule has 1 heterocycles. The molecule has 0 bridgehead atoms. The lowest BCUT2D eigenvalue weighted by atomic mass is 9.85. The van der Waals surface area contributed by atoms with Crippen LogP contribution in [-0.2, 0) is 17.6 Å². The number of esters is 1. The van der Waals surface area contributed by atoms with E-state index >= 15 is 0 Å². The van der Waals surface area contributed by atoms with E-state index in [0.29, 0.717) is 33.7 Å². The molecule has 0 fully saturated rings. The van der Waals surface area contributed by atoms with Gasteiger partial charge in [0, 0.05) is 15.5 Å². The molecular formula is C20H22ClNO3S. The lowest BCUT2D eigenvalue weighted by molar-refractivity contribution is 0.0526. The first kappa shape index (κ1) is 18.9. The van der Waals surface area contributed by atoms with E-state index in [1.807, 2.05) is 0 Å². The fourth-order valence-corrected chi connectivity index (χ4v) is 4.76. The number of nitrogens with one attached hydrogen (secondary N) is 1. The van der Waals surface area contributed by atoms with Crippen LogP contribution in [0.5, 0.6) is 0 Å². The van der Waals surface area contributed by atoms with Gasteiger partial charge < -0.3 is 10.1 Å². The molecule has 4 nitrogen and oxygen atoms in total. The molecule has 1 unspecified atom stereocenters. The molecule has 1 aliphatic carbocycles. The number of benzene rings is 1. The molecule has 1 aromatic heterocycles. The first-order chi connectivity index (χ1) is 12.5. The third-order valence-electron chi connectivity index (χ3n) is 4.76. The third-order valence-corrected chi connectivity index (χ3v) is 6.18. The van der Waals surface area contributed by atoms with Gasteiger partial charge >= 0.3 is 5.97 Å². The van der Waals surface area contributed by atoms with Crippen LogP contribution in [0.2, 0.25) is 5.02 Å². The van der Waals surface area contributed by atoms with Crippen LogP contribution in [0.1, 0.15) is 57.8 Å². The number of anilines is 1. The van der Waals surface area contributed by atoms with E-state index in [2.05, 4.69) is 12.2 Å². The van der Waals surface area contributed by atoms with Gasteiger partial charge in [0.25, 0.3) is 5.91 Å². The second-order valence-electron chi connectivity index (χ2n) is 6.41. The summed E-state index contributed by atoms with van der Waals surface area (Å²) in [6.07, 6.45) is 4.00. The number of fused-ring (bicyclic) bond motifs is 1. The smallest absolute Gasteiger partial charge is 0.341 e. The first-order valence-electron chi connectivity index (χ1n) is 8.92. The Morgan fingerprint density at radius 2 is 2.00 bits per heavy atom. The Kier molecular flexibility index (Phi) is 5.99. The van der Waals surface area contributed by atoms with Crippen molar-refractivity contribution in [2.24, 2.45) is 5.92 Å². The number of hydrogen-bond acceptors (Lipinski definition) is 4. The Labute approximate surface area is 162 Å². The van der Waals surface area contributed by atoms with Gasteiger partial charge in [-0.25, -0.2) is 4.79 Å². The maximum atomic E-state index is 12.6. The zero-order valence-corrected chi connectivity index (χ0v) is 16.5. The van der Waals surface area contributed by atoms with Crippen molar-refractivity contribution in [2.75, 3.05) is 11.9 Å². The molecule has 3 rings (SSSR count). The monoisotopic (exact) mass is 391 g/mol. The molecule has 0 spiro atoms. The molecule has 1 amide bonds. The van der Waals surface area contributed by atoms with Crippen LogP contribution in [0.25, 0.3) is 0 Å². The minimum Gasteiger partial charge on any atom is -0.462 e. The largest absolute Gasteiger partial charge is 0.462 e. The quantitative estimate of drug-likeness (QED) is 0.699. The fraction of sp³-hybridized carbons (Fsp3) is 0.400. The zero-order valence-electron chi connectivity index (χ0n) is 14.9. The molecule has 1 N–H and O–H groups in total. The highest BCUT2D eigenvalue weighted by Crippen LogP contribution is 2.41. The molecular weight excluding hydrogens is 370 g/mol. The normalized spacial score (nSPS) is 16.0. The summed E-state index contributed by atoms with van der Waals surface area (Å²) in [5.74, 6) is 0.0280. The van der Waals surface area contributed by atoms with Crippen molar-refractivity contribution in [1.29, 1.82) is 0 Å². The highest BCUT2D eigenvalue weighted by Gasteiger charge is 2.29. The summed E-state index contributed by atoms with van der Waals surface area (Å²) < 4.78 is 5.25. The van der Waals surface area contributed by atoms with Crippen molar-refractivity contribution in [3.63, 3.8) is 0 Å². The Hall–Kier alpha value is -1.85. The lowest BCUT2D eigenvalue weighted by Crippen LogP contribution is -2.17. The van der Waals surface area contributed by atoms with E-state index < -0.39 is 0 Å². The van der Waals surface area contributed by atoms with Crippen LogP contribution in [0.3, 0.4) is 0 Å². The second-order valence-corrected chi connectivity index (χ2v) is 7.95. The van der Waals surface area contributed by atoms with Crippen molar-refractivity contribution in [1.82, 2.24) is 0 Å². The molecule has 0 saturated carbocycles. The maximum Gasteiger partial charge on any atom is 0.341 e. The average Bonchev–Trinajstić information content (AvgIpc) is 2.99. The lowest BCUT2D eigenvalue weighted by Gasteiger charge is -2.20. The van der Waals surface area contributed by atoms with Crippen molar-refractivity contribution in [2.45, 2.75) is 39.5 Å². The van der Waals surface area contributed by atoms with Crippen LogP contribution >= 0.6 is 22.9 Å². The minimum atomic E-state index is -0.355. The van der Waals surface area contributed by atoms with Crippen LogP contribution in [0, 0.1) is 5.92 Å². The number of hydrogen-bond donors (Lipinski definition) is 1. The van der Waals surface area contributed by atoms with Gasteiger partial charge in [-0.05, 0) is 61.9 Å². The molecule has 1 aromatic carbocycles. The van der Waals surface area contributed by atoms with Crippen LogP contribution in [0.15, 0.2) is 24.3 Å². The van der Waals surface area contributed by atoms with Gasteiger partial charge in [-0.1, -0.05) is 24.9 Å². The first-order valence-corrected chi connectivity index (χ1v) is 10.1. The summed E-state index contributed by atoms with van der Waals surface area (Å²) in [7, 11) is 0. The fourth-order valence-electron chi connectivity index (χ4n) is 3.29. The van der Waals surface area contributed by atoms with Crippen LogP contribution in [0.4, 0.5) is 5.00 Å². The molecule has 1 atom stereocenters. The van der Waals surface area contributed by atoms with Crippen molar-refractivity contribution >= 4 is 39.8 Å². The van der Waals surface area contributed by atoms with Gasteiger partial charge in [-0.15, -0.1) is 11.3 Å². The summed E-state index contributed by atoms with van der Waals surface area (Å²) in [6, 6.07) is 6.69. The standard InChI is InChI=1S/C20H22ClNO3S/c1-3-12-5-10-15-16(11-12)26-19(17(15)20(24)25-4-2)22-18(23)13-6-8-14(21)9-7-13/h6-9,12H,3-5,10-11H2,1-2H3,(H,22,23). The minimum absolute atomic E-state index is 0.252. The maximum absolute atomic E-state index is 12.6. The number of rotatable bonds is 5. The predicted octanol–water partition coefficient (Wildman–Crippen LogP) is 5.35. The number of halogens is 1. The number of thiophene rings is 1. The van der Waals surface area contributed by atoms with Gasteiger partial charge in [-0.2, -0.15) is 0 Å². The number of carbonyl (C=O) groups excluding carboxylic acids is 2. The van der Waals surface area contributed by atoms with E-state index in [-0.39, 0.29) is 11.9 Å².